The largest absolute Gasteiger partial charge is 0.545 e. The lowest BCUT2D eigenvalue weighted by atomic mass is 10.0. The Labute approximate surface area is 313 Å². The van der Waals surface area contributed by atoms with Crippen LogP contribution < -0.4 is 5.11 Å². The minimum absolute atomic E-state index is 0.152. The zero-order chi connectivity index (χ0) is 37.8. The van der Waals surface area contributed by atoms with E-state index in [1.807, 2.05) is 21.1 Å². The van der Waals surface area contributed by atoms with Crippen LogP contribution in [0.5, 0.6) is 0 Å². The van der Waals surface area contributed by atoms with Crippen molar-refractivity contribution in [1.29, 1.82) is 0 Å². The van der Waals surface area contributed by atoms with Gasteiger partial charge in [0, 0.05) is 12.8 Å². The molecule has 0 bridgehead atoms. The van der Waals surface area contributed by atoms with Gasteiger partial charge in [0.15, 0.2) is 12.4 Å². The molecule has 0 N–H and O–H groups in total. The molecule has 2 atom stereocenters. The molecular formula is C42H81NO8. The highest BCUT2D eigenvalue weighted by Gasteiger charge is 2.21. The third-order valence-corrected chi connectivity index (χ3v) is 9.35. The Hall–Kier alpha value is -1.71. The summed E-state index contributed by atoms with van der Waals surface area (Å²) < 4.78 is 22.4. The second-order valence-corrected chi connectivity index (χ2v) is 15.6. The highest BCUT2D eigenvalue weighted by molar-refractivity contribution is 5.70. The van der Waals surface area contributed by atoms with E-state index in [-0.39, 0.29) is 32.2 Å². The maximum Gasteiger partial charge on any atom is 0.306 e. The van der Waals surface area contributed by atoms with Gasteiger partial charge in [-0.25, -0.2) is 0 Å². The van der Waals surface area contributed by atoms with Crippen molar-refractivity contribution in [3.05, 3.63) is 0 Å². The SMILES string of the molecule is CCCCCCCCCCCCCCCCCCCCCCCC(=O)OC(COC(=O)CCCCCCC)COC(OCC[N+](C)(C)C)C(=O)[O-]. The van der Waals surface area contributed by atoms with E-state index in [1.54, 1.807) is 0 Å². The number of carboxylic acid groups (broad SMARTS) is 1. The van der Waals surface area contributed by atoms with E-state index in [0.29, 0.717) is 17.4 Å². The first kappa shape index (κ1) is 49.3. The number of nitrogens with zero attached hydrogens (tertiary/aromatic N) is 1. The van der Waals surface area contributed by atoms with E-state index in [4.69, 9.17) is 18.9 Å². The van der Waals surface area contributed by atoms with Crippen molar-refractivity contribution in [1.82, 2.24) is 0 Å². The molecule has 9 heteroatoms. The number of rotatable bonds is 39. The smallest absolute Gasteiger partial charge is 0.306 e. The number of hydrogen-bond donors (Lipinski definition) is 0. The molecule has 51 heavy (non-hydrogen) atoms. The zero-order valence-corrected chi connectivity index (χ0v) is 34.0. The van der Waals surface area contributed by atoms with Gasteiger partial charge in [0.2, 0.25) is 0 Å². The van der Waals surface area contributed by atoms with E-state index in [1.165, 1.54) is 116 Å². The van der Waals surface area contributed by atoms with Crippen molar-refractivity contribution in [3.8, 4) is 0 Å². The third-order valence-electron chi connectivity index (χ3n) is 9.35. The van der Waals surface area contributed by atoms with Gasteiger partial charge in [-0.3, -0.25) is 9.59 Å². The fourth-order valence-electron chi connectivity index (χ4n) is 6.01. The van der Waals surface area contributed by atoms with Crippen LogP contribution in [0.4, 0.5) is 0 Å². The average molecular weight is 728 g/mol. The molecule has 0 spiro atoms. The predicted molar refractivity (Wildman–Crippen MR) is 205 cm³/mol. The van der Waals surface area contributed by atoms with Crippen LogP contribution >= 0.6 is 0 Å². The Balaban J connectivity index is 4.17. The first-order valence-corrected chi connectivity index (χ1v) is 21.2. The van der Waals surface area contributed by atoms with Crippen LogP contribution in [0.2, 0.25) is 0 Å². The molecule has 0 radical (unpaired) electrons. The summed E-state index contributed by atoms with van der Waals surface area (Å²) in [6.45, 7) is 4.66. The number of aliphatic carboxylic acids is 1. The topological polar surface area (TPSA) is 111 Å². The van der Waals surface area contributed by atoms with Gasteiger partial charge in [0.1, 0.15) is 13.2 Å². The molecule has 0 heterocycles. The zero-order valence-electron chi connectivity index (χ0n) is 34.0. The predicted octanol–water partition coefficient (Wildman–Crippen LogP) is 9.22. The third kappa shape index (κ3) is 36.4. The molecule has 0 aliphatic heterocycles. The molecule has 302 valence electrons. The summed E-state index contributed by atoms with van der Waals surface area (Å²) in [5.41, 5.74) is 0. The number of carboxylic acids is 1. The lowest BCUT2D eigenvalue weighted by molar-refractivity contribution is -0.870. The van der Waals surface area contributed by atoms with Crippen LogP contribution in [0.3, 0.4) is 0 Å². The molecule has 0 aliphatic carbocycles. The fraction of sp³-hybridized carbons (Fsp3) is 0.929. The van der Waals surface area contributed by atoms with Crippen LogP contribution in [-0.4, -0.2) is 82.3 Å². The van der Waals surface area contributed by atoms with Crippen molar-refractivity contribution >= 4 is 17.9 Å². The molecule has 0 rings (SSSR count). The Kier molecular flexibility index (Phi) is 34.1. The molecule has 0 amide bonds. The minimum Gasteiger partial charge on any atom is -0.545 e. The van der Waals surface area contributed by atoms with Crippen LogP contribution in [0.15, 0.2) is 0 Å². The van der Waals surface area contributed by atoms with Crippen molar-refractivity contribution in [2.45, 2.75) is 206 Å². The number of carbonyl (C=O) groups is 3. The van der Waals surface area contributed by atoms with Crippen molar-refractivity contribution in [3.63, 3.8) is 0 Å². The van der Waals surface area contributed by atoms with Crippen molar-refractivity contribution in [2.75, 3.05) is 47.5 Å². The summed E-state index contributed by atoms with van der Waals surface area (Å²) in [5.74, 6) is -2.29. The van der Waals surface area contributed by atoms with Crippen LogP contribution in [0.25, 0.3) is 0 Å². The van der Waals surface area contributed by atoms with Crippen LogP contribution in [-0.2, 0) is 33.3 Å². The summed E-state index contributed by atoms with van der Waals surface area (Å²) in [4.78, 5) is 36.5. The Morgan fingerprint density at radius 2 is 0.882 bits per heavy atom. The Morgan fingerprint density at radius 1 is 0.510 bits per heavy atom. The number of unbranched alkanes of at least 4 members (excludes halogenated alkanes) is 24. The van der Waals surface area contributed by atoms with Gasteiger partial charge in [0.05, 0.1) is 40.3 Å². The molecule has 0 aromatic rings. The van der Waals surface area contributed by atoms with Crippen LogP contribution in [0, 0.1) is 0 Å². The van der Waals surface area contributed by atoms with E-state index < -0.39 is 24.3 Å². The highest BCUT2D eigenvalue weighted by Crippen LogP contribution is 2.16. The number of esters is 2. The Bertz CT molecular complexity index is 815. The van der Waals surface area contributed by atoms with Gasteiger partial charge in [-0.15, -0.1) is 0 Å². The summed E-state index contributed by atoms with van der Waals surface area (Å²) in [5, 5.41) is 11.6. The van der Waals surface area contributed by atoms with Gasteiger partial charge in [-0.2, -0.15) is 0 Å². The molecule has 2 unspecified atom stereocenters. The number of carbonyl (C=O) groups excluding carboxylic acids is 3. The van der Waals surface area contributed by atoms with Gasteiger partial charge in [-0.05, 0) is 12.8 Å². The van der Waals surface area contributed by atoms with Gasteiger partial charge in [-0.1, -0.05) is 168 Å². The number of quaternary nitrogens is 1. The normalized spacial score (nSPS) is 12.9. The standard InChI is InChI=1S/C42H81NO8/c1-6-8-10-12-13-14-15-16-17-18-19-20-21-22-23-24-25-26-27-29-31-33-40(45)51-38(36-49-39(44)32-30-28-11-9-7-2)37-50-42(41(46)47)48-35-34-43(3,4)5/h38,42H,6-37H2,1-5H3. The molecule has 9 nitrogen and oxygen atoms in total. The second kappa shape index (κ2) is 35.3. The lowest BCUT2D eigenvalue weighted by Gasteiger charge is -2.26. The summed E-state index contributed by atoms with van der Waals surface area (Å²) in [7, 11) is 5.90. The molecule has 0 aromatic carbocycles. The number of likely N-dealkylation sites (N-methyl/N-ethyl adjacent to an activating group) is 1. The first-order valence-electron chi connectivity index (χ1n) is 21.2. The minimum atomic E-state index is -1.61. The second-order valence-electron chi connectivity index (χ2n) is 15.6. The fourth-order valence-corrected chi connectivity index (χ4v) is 6.01. The van der Waals surface area contributed by atoms with Gasteiger partial charge < -0.3 is 33.3 Å². The first-order chi connectivity index (χ1) is 24.6. The number of hydrogen-bond acceptors (Lipinski definition) is 8. The van der Waals surface area contributed by atoms with E-state index in [2.05, 4.69) is 13.8 Å². The molecule has 0 aromatic heterocycles. The van der Waals surface area contributed by atoms with E-state index in [9.17, 15) is 19.5 Å². The van der Waals surface area contributed by atoms with E-state index >= 15 is 0 Å². The van der Waals surface area contributed by atoms with Crippen molar-refractivity contribution in [2.24, 2.45) is 0 Å². The monoisotopic (exact) mass is 728 g/mol. The molecule has 0 saturated heterocycles. The molecular weight excluding hydrogens is 646 g/mol. The summed E-state index contributed by atoms with van der Waals surface area (Å²) in [6, 6.07) is 0. The summed E-state index contributed by atoms with van der Waals surface area (Å²) in [6.07, 6.45) is 30.4. The van der Waals surface area contributed by atoms with Gasteiger partial charge in [0.25, 0.3) is 0 Å². The summed E-state index contributed by atoms with van der Waals surface area (Å²) >= 11 is 0. The van der Waals surface area contributed by atoms with Crippen molar-refractivity contribution < 1.29 is 42.9 Å². The maximum atomic E-state index is 12.7. The van der Waals surface area contributed by atoms with E-state index in [0.717, 1.165) is 51.4 Å². The lowest BCUT2D eigenvalue weighted by Crippen LogP contribution is -2.44. The van der Waals surface area contributed by atoms with Gasteiger partial charge >= 0.3 is 11.9 Å². The quantitative estimate of drug-likeness (QED) is 0.0267. The Morgan fingerprint density at radius 3 is 1.25 bits per heavy atom. The molecule has 0 fully saturated rings. The average Bonchev–Trinajstić information content (AvgIpc) is 3.08. The number of ether oxygens (including phenoxy) is 4. The highest BCUT2D eigenvalue weighted by atomic mass is 16.7. The van der Waals surface area contributed by atoms with Crippen LogP contribution in [0.1, 0.15) is 194 Å². The maximum absolute atomic E-state index is 12.7. The molecule has 0 aliphatic rings. The molecule has 0 saturated carbocycles.